The molecule has 3 nitrogen and oxygen atoms in total. The molecule has 0 N–H and O–H groups in total. The van der Waals surface area contributed by atoms with Crippen molar-refractivity contribution in [1.82, 2.24) is 4.90 Å². The molecule has 0 fully saturated rings. The van der Waals surface area contributed by atoms with E-state index in [1.165, 1.54) is 4.90 Å². The molecule has 1 aromatic carbocycles. The summed E-state index contributed by atoms with van der Waals surface area (Å²) in [6, 6.07) is 6.79. The lowest BCUT2D eigenvalue weighted by Crippen LogP contribution is -2.30. The predicted molar refractivity (Wildman–Crippen MR) is 72.6 cm³/mol. The largest absolute Gasteiger partial charge is 0.481 e. The Labute approximate surface area is 119 Å². The zero-order valence-electron chi connectivity index (χ0n) is 10.8. The van der Waals surface area contributed by atoms with Crippen LogP contribution < -0.4 is 4.74 Å². The Morgan fingerprint density at radius 3 is 2.80 bits per heavy atom. The molecule has 2 rings (SSSR count). The van der Waals surface area contributed by atoms with Gasteiger partial charge in [0.15, 0.2) is 18.2 Å². The third kappa shape index (κ3) is 3.77. The number of likely N-dealkylation sites (N-methyl/N-ethyl adjacent to an activating group) is 1. The van der Waals surface area contributed by atoms with Crippen molar-refractivity contribution in [2.75, 3.05) is 13.7 Å². The number of carbonyl (C=O) groups is 1. The van der Waals surface area contributed by atoms with Gasteiger partial charge >= 0.3 is 0 Å². The van der Waals surface area contributed by atoms with Crippen molar-refractivity contribution in [2.24, 2.45) is 0 Å². The Kier molecular flexibility index (Phi) is 4.68. The number of ether oxygens (including phenoxy) is 1. The van der Waals surface area contributed by atoms with Gasteiger partial charge < -0.3 is 9.64 Å². The molecule has 6 heteroatoms. The van der Waals surface area contributed by atoms with Gasteiger partial charge in [-0.2, -0.15) is 0 Å². The molecule has 1 aromatic heterocycles. The number of carbonyl (C=O) groups excluding carboxylic acids is 1. The maximum atomic E-state index is 13.3. The van der Waals surface area contributed by atoms with E-state index in [0.29, 0.717) is 6.54 Å². The van der Waals surface area contributed by atoms with E-state index in [2.05, 4.69) is 0 Å². The minimum Gasteiger partial charge on any atom is -0.481 e. The number of hydrogen-bond donors (Lipinski definition) is 0. The molecule has 20 heavy (non-hydrogen) atoms. The zero-order valence-corrected chi connectivity index (χ0v) is 11.6. The molecule has 0 aliphatic rings. The summed E-state index contributed by atoms with van der Waals surface area (Å²) in [6.45, 7) is 0.191. The quantitative estimate of drug-likeness (QED) is 0.849. The molecule has 0 unspecified atom stereocenters. The van der Waals surface area contributed by atoms with Crippen LogP contribution in [0.15, 0.2) is 35.7 Å². The second kappa shape index (κ2) is 6.47. The Hall–Kier alpha value is -1.95. The van der Waals surface area contributed by atoms with E-state index in [1.54, 1.807) is 18.4 Å². The lowest BCUT2D eigenvalue weighted by Gasteiger charge is -2.16. The number of rotatable bonds is 5. The summed E-state index contributed by atoms with van der Waals surface area (Å²) in [5.41, 5.74) is 0. The van der Waals surface area contributed by atoms with Gasteiger partial charge in [0.25, 0.3) is 5.91 Å². The van der Waals surface area contributed by atoms with Gasteiger partial charge in [-0.1, -0.05) is 6.07 Å². The lowest BCUT2D eigenvalue weighted by atomic mass is 10.3. The highest BCUT2D eigenvalue weighted by Gasteiger charge is 2.12. The first-order valence-electron chi connectivity index (χ1n) is 5.90. The van der Waals surface area contributed by atoms with E-state index >= 15 is 0 Å². The highest BCUT2D eigenvalue weighted by atomic mass is 32.1. The molecule has 0 atom stereocenters. The summed E-state index contributed by atoms with van der Waals surface area (Å²) in [7, 11) is 1.65. The van der Waals surface area contributed by atoms with Gasteiger partial charge in [0, 0.05) is 18.0 Å². The Morgan fingerprint density at radius 2 is 2.15 bits per heavy atom. The van der Waals surface area contributed by atoms with Crippen molar-refractivity contribution in [2.45, 2.75) is 6.54 Å². The molecule has 0 spiro atoms. The van der Waals surface area contributed by atoms with Crippen LogP contribution in [0, 0.1) is 11.6 Å². The van der Waals surface area contributed by atoms with Crippen molar-refractivity contribution in [3.63, 3.8) is 0 Å². The fourth-order valence-electron chi connectivity index (χ4n) is 1.57. The summed E-state index contributed by atoms with van der Waals surface area (Å²) in [6.07, 6.45) is 0. The van der Waals surface area contributed by atoms with Gasteiger partial charge in [-0.15, -0.1) is 11.3 Å². The first kappa shape index (κ1) is 14.5. The van der Waals surface area contributed by atoms with Crippen molar-refractivity contribution >= 4 is 17.2 Å². The predicted octanol–water partition coefficient (Wildman–Crippen LogP) is 3.06. The molecule has 0 saturated carbocycles. The summed E-state index contributed by atoms with van der Waals surface area (Å²) in [5, 5.41) is 1.93. The van der Waals surface area contributed by atoms with Gasteiger partial charge in [-0.25, -0.2) is 8.78 Å². The van der Waals surface area contributed by atoms with E-state index in [1.807, 2.05) is 17.5 Å². The topological polar surface area (TPSA) is 29.5 Å². The van der Waals surface area contributed by atoms with E-state index in [4.69, 9.17) is 4.74 Å². The van der Waals surface area contributed by atoms with Crippen LogP contribution >= 0.6 is 11.3 Å². The van der Waals surface area contributed by atoms with Crippen LogP contribution in [0.5, 0.6) is 5.75 Å². The van der Waals surface area contributed by atoms with Gasteiger partial charge in [0.05, 0.1) is 6.54 Å². The summed E-state index contributed by atoms with van der Waals surface area (Å²) in [5.74, 6) is -1.92. The summed E-state index contributed by atoms with van der Waals surface area (Å²) >= 11 is 1.55. The van der Waals surface area contributed by atoms with Crippen LogP contribution in [0.4, 0.5) is 8.78 Å². The third-order valence-corrected chi connectivity index (χ3v) is 3.51. The third-order valence-electron chi connectivity index (χ3n) is 2.64. The molecule has 0 aliphatic carbocycles. The van der Waals surface area contributed by atoms with Crippen LogP contribution in [0.25, 0.3) is 0 Å². The van der Waals surface area contributed by atoms with E-state index in [9.17, 15) is 13.6 Å². The second-order valence-electron chi connectivity index (χ2n) is 4.19. The molecular weight excluding hydrogens is 284 g/mol. The molecule has 0 saturated heterocycles. The average molecular weight is 297 g/mol. The van der Waals surface area contributed by atoms with Crippen LogP contribution in [0.3, 0.4) is 0 Å². The van der Waals surface area contributed by atoms with Crippen molar-refractivity contribution in [3.05, 3.63) is 52.2 Å². The van der Waals surface area contributed by atoms with Crippen LogP contribution in [0.1, 0.15) is 4.88 Å². The molecule has 106 valence electrons. The van der Waals surface area contributed by atoms with Crippen LogP contribution in [-0.4, -0.2) is 24.5 Å². The highest BCUT2D eigenvalue weighted by molar-refractivity contribution is 7.09. The molecule has 0 bridgehead atoms. The standard InChI is InChI=1S/C14H13F2NO2S/c1-17(8-11-3-2-6-20-11)14(18)9-19-13-5-4-10(15)7-12(13)16/h2-7H,8-9H2,1H3. The fraction of sp³-hybridized carbons (Fsp3) is 0.214. The molecule has 0 radical (unpaired) electrons. The molecule has 2 aromatic rings. The number of amides is 1. The SMILES string of the molecule is CN(Cc1cccs1)C(=O)COc1ccc(F)cc1F. The second-order valence-corrected chi connectivity index (χ2v) is 5.22. The van der Waals surface area contributed by atoms with E-state index in [0.717, 1.165) is 23.1 Å². The van der Waals surface area contributed by atoms with Gasteiger partial charge in [0.2, 0.25) is 0 Å². The van der Waals surface area contributed by atoms with E-state index < -0.39 is 11.6 Å². The van der Waals surface area contributed by atoms with Crippen LogP contribution in [0.2, 0.25) is 0 Å². The number of benzene rings is 1. The maximum absolute atomic E-state index is 13.3. The smallest absolute Gasteiger partial charge is 0.260 e. The Bertz CT molecular complexity index is 587. The van der Waals surface area contributed by atoms with Crippen LogP contribution in [-0.2, 0) is 11.3 Å². The van der Waals surface area contributed by atoms with Gasteiger partial charge in [-0.05, 0) is 23.6 Å². The average Bonchev–Trinajstić information content (AvgIpc) is 2.90. The number of hydrogen-bond acceptors (Lipinski definition) is 3. The van der Waals surface area contributed by atoms with E-state index in [-0.39, 0.29) is 18.3 Å². The number of halogens is 2. The Balaban J connectivity index is 1.88. The first-order valence-corrected chi connectivity index (χ1v) is 6.78. The normalized spacial score (nSPS) is 10.3. The lowest BCUT2D eigenvalue weighted by molar-refractivity contribution is -0.132. The first-order chi connectivity index (χ1) is 9.56. The van der Waals surface area contributed by atoms with Crippen molar-refractivity contribution < 1.29 is 18.3 Å². The molecule has 0 aliphatic heterocycles. The minimum absolute atomic E-state index is 0.135. The summed E-state index contributed by atoms with van der Waals surface area (Å²) in [4.78, 5) is 14.4. The fourth-order valence-corrected chi connectivity index (χ4v) is 2.32. The zero-order chi connectivity index (χ0) is 14.5. The number of thiophene rings is 1. The molecular formula is C14H13F2NO2S. The minimum atomic E-state index is -0.821. The van der Waals surface area contributed by atoms with Gasteiger partial charge in [0.1, 0.15) is 5.82 Å². The number of nitrogens with zero attached hydrogens (tertiary/aromatic N) is 1. The van der Waals surface area contributed by atoms with Crippen molar-refractivity contribution in [1.29, 1.82) is 0 Å². The maximum Gasteiger partial charge on any atom is 0.260 e. The monoisotopic (exact) mass is 297 g/mol. The molecule has 1 amide bonds. The van der Waals surface area contributed by atoms with Crippen molar-refractivity contribution in [3.8, 4) is 5.75 Å². The summed E-state index contributed by atoms with van der Waals surface area (Å²) < 4.78 is 31.1. The highest BCUT2D eigenvalue weighted by Crippen LogP contribution is 2.17. The molecule has 1 heterocycles. The Morgan fingerprint density at radius 1 is 1.35 bits per heavy atom. The van der Waals surface area contributed by atoms with Gasteiger partial charge in [-0.3, -0.25) is 4.79 Å².